The van der Waals surface area contributed by atoms with Crippen LogP contribution >= 0.6 is 11.6 Å². The number of rotatable bonds is 8. The summed E-state index contributed by atoms with van der Waals surface area (Å²) in [6.45, 7) is 7.81. The number of hydrogen-bond donors (Lipinski definition) is 1. The topological polar surface area (TPSA) is 47.6 Å². The van der Waals surface area contributed by atoms with Gasteiger partial charge in [-0.05, 0) is 73.6 Å². The maximum Gasteiger partial charge on any atom is 0.252 e. The predicted octanol–water partition coefficient (Wildman–Crippen LogP) is 6.92. The highest BCUT2D eigenvalue weighted by Gasteiger charge is 2.36. The predicted molar refractivity (Wildman–Crippen MR) is 141 cm³/mol. The van der Waals surface area contributed by atoms with Crippen molar-refractivity contribution in [2.45, 2.75) is 58.6 Å². The van der Waals surface area contributed by atoms with Crippen LogP contribution < -0.4 is 10.1 Å². The fourth-order valence-corrected chi connectivity index (χ4v) is 4.90. The molecule has 1 amide bonds. The van der Waals surface area contributed by atoms with Crippen LogP contribution in [0.2, 0.25) is 5.02 Å². The van der Waals surface area contributed by atoms with Gasteiger partial charge < -0.3 is 14.8 Å². The Morgan fingerprint density at radius 2 is 1.80 bits per heavy atom. The third-order valence-corrected chi connectivity index (χ3v) is 7.00. The number of hydrogen-bond acceptors (Lipinski definition) is 3. The van der Waals surface area contributed by atoms with Gasteiger partial charge in [0.2, 0.25) is 0 Å². The second-order valence-electron chi connectivity index (χ2n) is 9.48. The first-order chi connectivity index (χ1) is 16.9. The Bertz CT molecular complexity index is 1180. The molecule has 0 unspecified atom stereocenters. The van der Waals surface area contributed by atoms with E-state index in [-0.39, 0.29) is 5.91 Å². The van der Waals surface area contributed by atoms with Gasteiger partial charge in [-0.3, -0.25) is 4.79 Å². The van der Waals surface area contributed by atoms with Gasteiger partial charge in [0.05, 0.1) is 10.6 Å². The van der Waals surface area contributed by atoms with Crippen molar-refractivity contribution in [1.82, 2.24) is 5.32 Å². The average molecular weight is 492 g/mol. The first-order valence-electron chi connectivity index (χ1n) is 12.4. The summed E-state index contributed by atoms with van der Waals surface area (Å²) in [5.74, 6) is 0.600. The molecule has 1 heterocycles. The molecule has 0 saturated carbocycles. The minimum Gasteiger partial charge on any atom is -0.487 e. The Morgan fingerprint density at radius 3 is 2.54 bits per heavy atom. The number of halogens is 1. The molecule has 1 aliphatic rings. The lowest BCUT2D eigenvalue weighted by molar-refractivity contribution is 0.0345. The van der Waals surface area contributed by atoms with Crippen LogP contribution in [0.3, 0.4) is 0 Å². The number of aryl methyl sites for hydroxylation is 3. The zero-order chi connectivity index (χ0) is 24.8. The smallest absolute Gasteiger partial charge is 0.252 e. The van der Waals surface area contributed by atoms with Gasteiger partial charge in [-0.15, -0.1) is 0 Å². The van der Waals surface area contributed by atoms with Crippen molar-refractivity contribution in [3.05, 3.63) is 99.1 Å². The van der Waals surface area contributed by atoms with E-state index in [1.165, 1.54) is 5.56 Å². The Labute approximate surface area is 213 Å². The summed E-state index contributed by atoms with van der Waals surface area (Å²) in [5.41, 5.74) is 5.66. The molecule has 0 bridgehead atoms. The van der Waals surface area contributed by atoms with E-state index in [0.717, 1.165) is 47.9 Å². The molecule has 3 aromatic rings. The van der Waals surface area contributed by atoms with Crippen LogP contribution in [0.15, 0.2) is 60.7 Å². The second-order valence-corrected chi connectivity index (χ2v) is 9.89. The molecular formula is C30H34ClNO3. The Balaban J connectivity index is 1.61. The molecule has 1 N–H and O–H groups in total. The van der Waals surface area contributed by atoms with Crippen molar-refractivity contribution in [2.75, 3.05) is 13.2 Å². The van der Waals surface area contributed by atoms with E-state index in [2.05, 4.69) is 49.5 Å². The lowest BCUT2D eigenvalue weighted by atomic mass is 9.81. The summed E-state index contributed by atoms with van der Waals surface area (Å²) in [4.78, 5) is 13.8. The maximum absolute atomic E-state index is 13.8. The van der Waals surface area contributed by atoms with Gasteiger partial charge in [-0.1, -0.05) is 73.0 Å². The molecule has 0 atom stereocenters. The van der Waals surface area contributed by atoms with Crippen LogP contribution in [0, 0.1) is 13.8 Å². The van der Waals surface area contributed by atoms with E-state index < -0.39 is 5.54 Å². The summed E-state index contributed by atoms with van der Waals surface area (Å²) in [6, 6.07) is 20.2. The quantitative estimate of drug-likeness (QED) is 0.372. The minimum absolute atomic E-state index is 0.0488. The van der Waals surface area contributed by atoms with Gasteiger partial charge in [-0.2, -0.15) is 0 Å². The highest BCUT2D eigenvalue weighted by molar-refractivity contribution is 6.32. The Hall–Kier alpha value is -2.82. The van der Waals surface area contributed by atoms with Gasteiger partial charge in [0.15, 0.2) is 0 Å². The Kier molecular flexibility index (Phi) is 8.15. The van der Waals surface area contributed by atoms with Crippen molar-refractivity contribution in [3.63, 3.8) is 0 Å². The van der Waals surface area contributed by atoms with Crippen LogP contribution in [0.25, 0.3) is 0 Å². The highest BCUT2D eigenvalue weighted by atomic mass is 35.5. The number of nitrogens with one attached hydrogen (secondary N) is 1. The monoisotopic (exact) mass is 491 g/mol. The van der Waals surface area contributed by atoms with Crippen LogP contribution in [-0.2, 0) is 23.3 Å². The number of ether oxygens (including phenoxy) is 2. The molecule has 0 aliphatic carbocycles. The third kappa shape index (κ3) is 6.06. The number of carbonyl (C=O) groups is 1. The molecule has 3 aromatic carbocycles. The largest absolute Gasteiger partial charge is 0.487 e. The molecule has 1 fully saturated rings. The number of benzene rings is 3. The zero-order valence-corrected chi connectivity index (χ0v) is 21.6. The first kappa shape index (κ1) is 25.3. The lowest BCUT2D eigenvalue weighted by Gasteiger charge is -2.39. The fourth-order valence-electron chi connectivity index (χ4n) is 4.73. The van der Waals surface area contributed by atoms with Crippen LogP contribution in [0.1, 0.15) is 64.4 Å². The molecule has 5 heteroatoms. The lowest BCUT2D eigenvalue weighted by Crippen LogP contribution is -2.49. The van der Waals surface area contributed by atoms with E-state index in [1.807, 2.05) is 37.3 Å². The van der Waals surface area contributed by atoms with E-state index in [9.17, 15) is 4.79 Å². The standard InChI is InChI=1S/C30H34ClNO3/c1-4-6-24-11-10-23(20-35-28-18-22(3)9-12-27(28)31)19-26(24)29(33)32-30(13-15-34-16-14-30)25-8-5-7-21(2)17-25/h5,7-12,17-19H,4,6,13-16,20H2,1-3H3,(H,32,33). The zero-order valence-electron chi connectivity index (χ0n) is 20.8. The van der Waals surface area contributed by atoms with Gasteiger partial charge in [0.25, 0.3) is 5.91 Å². The van der Waals surface area contributed by atoms with Crippen molar-refractivity contribution in [1.29, 1.82) is 0 Å². The molecular weight excluding hydrogens is 458 g/mol. The van der Waals surface area contributed by atoms with Gasteiger partial charge in [0, 0.05) is 18.8 Å². The molecule has 0 spiro atoms. The molecule has 4 rings (SSSR count). The highest BCUT2D eigenvalue weighted by Crippen LogP contribution is 2.33. The van der Waals surface area contributed by atoms with Crippen molar-refractivity contribution in [2.24, 2.45) is 0 Å². The summed E-state index contributed by atoms with van der Waals surface area (Å²) < 4.78 is 11.7. The summed E-state index contributed by atoms with van der Waals surface area (Å²) in [6.07, 6.45) is 3.31. The van der Waals surface area contributed by atoms with Crippen molar-refractivity contribution in [3.8, 4) is 5.75 Å². The molecule has 4 nitrogen and oxygen atoms in total. The molecule has 184 valence electrons. The van der Waals surface area contributed by atoms with E-state index in [1.54, 1.807) is 0 Å². The normalized spacial score (nSPS) is 15.0. The van der Waals surface area contributed by atoms with Gasteiger partial charge in [-0.25, -0.2) is 0 Å². The number of amides is 1. The number of carbonyl (C=O) groups excluding carboxylic acids is 1. The first-order valence-corrected chi connectivity index (χ1v) is 12.8. The van der Waals surface area contributed by atoms with Crippen LogP contribution in [-0.4, -0.2) is 19.1 Å². The van der Waals surface area contributed by atoms with Gasteiger partial charge >= 0.3 is 0 Å². The van der Waals surface area contributed by atoms with Crippen LogP contribution in [0.5, 0.6) is 5.75 Å². The van der Waals surface area contributed by atoms with E-state index in [0.29, 0.717) is 36.2 Å². The molecule has 1 saturated heterocycles. The van der Waals surface area contributed by atoms with E-state index in [4.69, 9.17) is 21.1 Å². The summed E-state index contributed by atoms with van der Waals surface area (Å²) >= 11 is 6.30. The van der Waals surface area contributed by atoms with Gasteiger partial charge in [0.1, 0.15) is 12.4 Å². The summed E-state index contributed by atoms with van der Waals surface area (Å²) in [5, 5.41) is 4.01. The van der Waals surface area contributed by atoms with E-state index >= 15 is 0 Å². The fraction of sp³-hybridized carbons (Fsp3) is 0.367. The SMILES string of the molecule is CCCc1ccc(COc2cc(C)ccc2Cl)cc1C(=O)NC1(c2cccc(C)c2)CCOCC1. The molecule has 0 aromatic heterocycles. The maximum atomic E-state index is 13.8. The molecule has 1 aliphatic heterocycles. The minimum atomic E-state index is -0.438. The average Bonchev–Trinajstić information content (AvgIpc) is 2.86. The third-order valence-electron chi connectivity index (χ3n) is 6.69. The van der Waals surface area contributed by atoms with Crippen LogP contribution in [0.4, 0.5) is 0 Å². The summed E-state index contributed by atoms with van der Waals surface area (Å²) in [7, 11) is 0. The Morgan fingerprint density at radius 1 is 1.03 bits per heavy atom. The van der Waals surface area contributed by atoms with Crippen molar-refractivity contribution >= 4 is 17.5 Å². The molecule has 0 radical (unpaired) electrons. The second kappa shape index (κ2) is 11.3. The van der Waals surface area contributed by atoms with Crippen molar-refractivity contribution < 1.29 is 14.3 Å². The molecule has 35 heavy (non-hydrogen) atoms.